The average molecular weight is 226 g/mol. The summed E-state index contributed by atoms with van der Waals surface area (Å²) in [5.41, 5.74) is 1.25. The first kappa shape index (κ1) is 10.9. The lowest BCUT2D eigenvalue weighted by molar-refractivity contribution is 0.0945. The Hall–Kier alpha value is -2.61. The van der Waals surface area contributed by atoms with Gasteiger partial charge in [0.2, 0.25) is 6.19 Å². The summed E-state index contributed by atoms with van der Waals surface area (Å²) in [7, 11) is 0. The minimum atomic E-state index is -0.289. The van der Waals surface area contributed by atoms with Crippen molar-refractivity contribution in [3.05, 3.63) is 53.9 Å². The van der Waals surface area contributed by atoms with E-state index in [0.29, 0.717) is 6.54 Å². The molecule has 1 heterocycles. The molecular formula is C12H10N4O. The van der Waals surface area contributed by atoms with Crippen LogP contribution >= 0.6 is 0 Å². The summed E-state index contributed by atoms with van der Waals surface area (Å²) in [4.78, 5) is 11.7. The van der Waals surface area contributed by atoms with E-state index in [1.165, 1.54) is 12.3 Å². The van der Waals surface area contributed by atoms with Crippen LogP contribution in [0.3, 0.4) is 0 Å². The van der Waals surface area contributed by atoms with Crippen molar-refractivity contribution < 1.29 is 4.79 Å². The van der Waals surface area contributed by atoms with Crippen LogP contribution in [0.15, 0.2) is 42.6 Å². The van der Waals surface area contributed by atoms with E-state index in [4.69, 9.17) is 5.26 Å². The number of nitriles is 1. The van der Waals surface area contributed by atoms with Crippen molar-refractivity contribution in [1.82, 2.24) is 15.1 Å². The minimum Gasteiger partial charge on any atom is -0.347 e. The van der Waals surface area contributed by atoms with Crippen LogP contribution in [0.5, 0.6) is 0 Å². The molecule has 2 aromatic rings. The summed E-state index contributed by atoms with van der Waals surface area (Å²) in [6.07, 6.45) is 3.24. The number of carbonyl (C=O) groups excluding carboxylic acids is 1. The van der Waals surface area contributed by atoms with Gasteiger partial charge in [-0.05, 0) is 11.6 Å². The highest BCUT2D eigenvalue weighted by Crippen LogP contribution is 1.99. The van der Waals surface area contributed by atoms with Crippen molar-refractivity contribution in [2.45, 2.75) is 6.54 Å². The fraction of sp³-hybridized carbons (Fsp3) is 0.0833. The molecule has 5 nitrogen and oxygen atoms in total. The molecule has 1 N–H and O–H groups in total. The number of hydrogen-bond acceptors (Lipinski definition) is 3. The van der Waals surface area contributed by atoms with Gasteiger partial charge in [0.25, 0.3) is 5.91 Å². The maximum Gasteiger partial charge on any atom is 0.272 e. The third-order valence-electron chi connectivity index (χ3n) is 2.22. The van der Waals surface area contributed by atoms with Gasteiger partial charge in [-0.15, -0.1) is 0 Å². The molecule has 0 aliphatic rings. The van der Waals surface area contributed by atoms with Crippen LogP contribution in [0, 0.1) is 11.5 Å². The first-order chi connectivity index (χ1) is 8.29. The van der Waals surface area contributed by atoms with Crippen molar-refractivity contribution >= 4 is 5.91 Å². The summed E-state index contributed by atoms with van der Waals surface area (Å²) in [5, 5.41) is 15.1. The maximum absolute atomic E-state index is 11.7. The van der Waals surface area contributed by atoms with Gasteiger partial charge in [-0.1, -0.05) is 30.3 Å². The molecule has 0 atom stereocenters. The monoisotopic (exact) mass is 226 g/mol. The number of hydrogen-bond donors (Lipinski definition) is 1. The van der Waals surface area contributed by atoms with E-state index >= 15 is 0 Å². The fourth-order valence-electron chi connectivity index (χ4n) is 1.37. The van der Waals surface area contributed by atoms with Gasteiger partial charge in [0, 0.05) is 12.7 Å². The van der Waals surface area contributed by atoms with E-state index in [1.54, 1.807) is 6.19 Å². The highest BCUT2D eigenvalue weighted by atomic mass is 16.1. The second-order valence-corrected chi connectivity index (χ2v) is 3.41. The molecule has 1 aromatic heterocycles. The SMILES string of the molecule is N#Cn1ccc(C(=O)NCc2ccccc2)n1. The molecule has 2 rings (SSSR count). The lowest BCUT2D eigenvalue weighted by Gasteiger charge is -2.02. The topological polar surface area (TPSA) is 70.7 Å². The smallest absolute Gasteiger partial charge is 0.272 e. The second kappa shape index (κ2) is 4.94. The number of amides is 1. The summed E-state index contributed by atoms with van der Waals surface area (Å²) in [6.45, 7) is 0.444. The third kappa shape index (κ3) is 2.69. The lowest BCUT2D eigenvalue weighted by atomic mass is 10.2. The Labute approximate surface area is 98.3 Å². The minimum absolute atomic E-state index is 0.238. The molecule has 0 aliphatic heterocycles. The molecule has 0 saturated carbocycles. The average Bonchev–Trinajstić information content (AvgIpc) is 2.86. The van der Waals surface area contributed by atoms with Crippen LogP contribution < -0.4 is 5.32 Å². The largest absolute Gasteiger partial charge is 0.347 e. The van der Waals surface area contributed by atoms with E-state index in [2.05, 4.69) is 10.4 Å². The molecule has 0 unspecified atom stereocenters. The maximum atomic E-state index is 11.7. The molecule has 1 amide bonds. The van der Waals surface area contributed by atoms with Gasteiger partial charge in [0.1, 0.15) is 0 Å². The highest BCUT2D eigenvalue weighted by Gasteiger charge is 2.08. The Morgan fingerprint density at radius 2 is 2.12 bits per heavy atom. The molecule has 17 heavy (non-hydrogen) atoms. The number of carbonyl (C=O) groups is 1. The Kier molecular flexibility index (Phi) is 3.17. The summed E-state index contributed by atoms with van der Waals surface area (Å²) in [5.74, 6) is -0.289. The van der Waals surface area contributed by atoms with Gasteiger partial charge in [0.15, 0.2) is 5.69 Å². The van der Waals surface area contributed by atoms with Crippen LogP contribution in [-0.2, 0) is 6.54 Å². The van der Waals surface area contributed by atoms with Crippen LogP contribution in [0.25, 0.3) is 0 Å². The first-order valence-electron chi connectivity index (χ1n) is 5.07. The first-order valence-corrected chi connectivity index (χ1v) is 5.07. The number of aromatic nitrogens is 2. The van der Waals surface area contributed by atoms with E-state index in [1.807, 2.05) is 30.3 Å². The molecule has 0 fully saturated rings. The van der Waals surface area contributed by atoms with Crippen molar-refractivity contribution in [2.75, 3.05) is 0 Å². The van der Waals surface area contributed by atoms with Crippen molar-refractivity contribution in [2.24, 2.45) is 0 Å². The van der Waals surface area contributed by atoms with E-state index in [9.17, 15) is 4.79 Å². The third-order valence-corrected chi connectivity index (χ3v) is 2.22. The van der Waals surface area contributed by atoms with Crippen molar-refractivity contribution in [3.8, 4) is 6.19 Å². The van der Waals surface area contributed by atoms with Gasteiger partial charge in [0.05, 0.1) is 0 Å². The van der Waals surface area contributed by atoms with E-state index in [0.717, 1.165) is 10.2 Å². The zero-order chi connectivity index (χ0) is 12.1. The summed E-state index contributed by atoms with van der Waals surface area (Å²) >= 11 is 0. The van der Waals surface area contributed by atoms with Crippen LogP contribution in [0.4, 0.5) is 0 Å². The molecule has 0 bridgehead atoms. The van der Waals surface area contributed by atoms with Gasteiger partial charge >= 0.3 is 0 Å². The summed E-state index contributed by atoms with van der Waals surface area (Å²) in [6, 6.07) is 11.1. The Bertz CT molecular complexity index is 553. The van der Waals surface area contributed by atoms with Gasteiger partial charge < -0.3 is 5.32 Å². The lowest BCUT2D eigenvalue weighted by Crippen LogP contribution is -2.23. The van der Waals surface area contributed by atoms with Crippen LogP contribution in [0.2, 0.25) is 0 Å². The number of benzene rings is 1. The molecule has 0 aliphatic carbocycles. The van der Waals surface area contributed by atoms with Gasteiger partial charge in [-0.3, -0.25) is 4.79 Å². The zero-order valence-corrected chi connectivity index (χ0v) is 9.00. The zero-order valence-electron chi connectivity index (χ0n) is 9.00. The van der Waals surface area contributed by atoms with Crippen molar-refractivity contribution in [1.29, 1.82) is 5.26 Å². The number of nitrogens with one attached hydrogen (secondary N) is 1. The fourth-order valence-corrected chi connectivity index (χ4v) is 1.37. The summed E-state index contributed by atoms with van der Waals surface area (Å²) < 4.78 is 1.04. The Balaban J connectivity index is 1.96. The quantitative estimate of drug-likeness (QED) is 0.853. The molecule has 5 heteroatoms. The van der Waals surface area contributed by atoms with Gasteiger partial charge in [-0.2, -0.15) is 15.0 Å². The number of nitrogens with zero attached hydrogens (tertiary/aromatic N) is 3. The standard InChI is InChI=1S/C12H10N4O/c13-9-16-7-6-11(15-16)12(17)14-8-10-4-2-1-3-5-10/h1-7H,8H2,(H,14,17). The molecule has 0 radical (unpaired) electrons. The molecule has 0 saturated heterocycles. The normalized spacial score (nSPS) is 9.59. The number of rotatable bonds is 3. The predicted octanol–water partition coefficient (Wildman–Crippen LogP) is 1.14. The van der Waals surface area contributed by atoms with Gasteiger partial charge in [-0.25, -0.2) is 0 Å². The predicted molar refractivity (Wildman–Crippen MR) is 60.9 cm³/mol. The molecule has 1 aromatic carbocycles. The van der Waals surface area contributed by atoms with E-state index < -0.39 is 0 Å². The Morgan fingerprint density at radius 1 is 1.35 bits per heavy atom. The molecule has 0 spiro atoms. The highest BCUT2D eigenvalue weighted by molar-refractivity contribution is 5.92. The molecule has 84 valence electrons. The van der Waals surface area contributed by atoms with E-state index in [-0.39, 0.29) is 11.6 Å². The van der Waals surface area contributed by atoms with Crippen molar-refractivity contribution in [3.63, 3.8) is 0 Å². The Morgan fingerprint density at radius 3 is 2.76 bits per heavy atom. The van der Waals surface area contributed by atoms with Crippen LogP contribution in [0.1, 0.15) is 16.1 Å². The second-order valence-electron chi connectivity index (χ2n) is 3.41. The van der Waals surface area contributed by atoms with Crippen LogP contribution in [-0.4, -0.2) is 15.7 Å². The molecular weight excluding hydrogens is 216 g/mol.